The first-order chi connectivity index (χ1) is 8.63. The average Bonchev–Trinajstić information content (AvgIpc) is 2.90. The van der Waals surface area contributed by atoms with Crippen molar-refractivity contribution >= 4 is 11.7 Å². The zero-order valence-electron chi connectivity index (χ0n) is 9.15. The topological polar surface area (TPSA) is 124 Å². The molecule has 0 bridgehead atoms. The van der Waals surface area contributed by atoms with Gasteiger partial charge < -0.3 is 4.74 Å². The molecule has 0 aliphatic rings. The summed E-state index contributed by atoms with van der Waals surface area (Å²) in [4.78, 5) is 21.7. The van der Waals surface area contributed by atoms with Crippen LogP contribution < -0.4 is 0 Å². The molecule has 18 heavy (non-hydrogen) atoms. The number of non-ortho nitro benzene ring substituents is 1. The summed E-state index contributed by atoms with van der Waals surface area (Å²) >= 11 is 0. The molecule has 2 rings (SSSR count). The molecule has 2 aromatic rings. The number of H-pyrrole nitrogens is 1. The Kier molecular flexibility index (Phi) is 2.96. The van der Waals surface area contributed by atoms with Gasteiger partial charge in [-0.3, -0.25) is 10.1 Å². The van der Waals surface area contributed by atoms with Crippen LogP contribution in [-0.2, 0) is 4.74 Å². The molecule has 1 aromatic heterocycles. The molecule has 0 aliphatic heterocycles. The highest BCUT2D eigenvalue weighted by Crippen LogP contribution is 2.25. The van der Waals surface area contributed by atoms with Crippen molar-refractivity contribution < 1.29 is 14.5 Å². The molecular weight excluding hydrogens is 242 g/mol. The highest BCUT2D eigenvalue weighted by Gasteiger charge is 2.20. The molecular formula is C9H7N5O4. The Labute approximate surface area is 99.9 Å². The van der Waals surface area contributed by atoms with Crippen molar-refractivity contribution in [2.45, 2.75) is 0 Å². The van der Waals surface area contributed by atoms with Gasteiger partial charge in [0, 0.05) is 17.7 Å². The van der Waals surface area contributed by atoms with E-state index in [1.54, 1.807) is 0 Å². The molecule has 92 valence electrons. The van der Waals surface area contributed by atoms with Crippen molar-refractivity contribution in [3.63, 3.8) is 0 Å². The van der Waals surface area contributed by atoms with Crippen LogP contribution in [0.25, 0.3) is 11.4 Å². The smallest absolute Gasteiger partial charge is 0.338 e. The molecule has 0 spiro atoms. The molecule has 0 aliphatic carbocycles. The second-order valence-electron chi connectivity index (χ2n) is 3.21. The van der Waals surface area contributed by atoms with Crippen LogP contribution in [0, 0.1) is 10.1 Å². The van der Waals surface area contributed by atoms with Crippen LogP contribution in [0.4, 0.5) is 5.69 Å². The Balaban J connectivity index is 2.61. The van der Waals surface area contributed by atoms with Crippen LogP contribution >= 0.6 is 0 Å². The highest BCUT2D eigenvalue weighted by atomic mass is 16.6. The van der Waals surface area contributed by atoms with Crippen LogP contribution in [0.3, 0.4) is 0 Å². The van der Waals surface area contributed by atoms with Gasteiger partial charge in [-0.25, -0.2) is 4.79 Å². The van der Waals surface area contributed by atoms with Gasteiger partial charge in [-0.2, -0.15) is 5.21 Å². The normalized spacial score (nSPS) is 10.1. The number of esters is 1. The average molecular weight is 249 g/mol. The fourth-order valence-electron chi connectivity index (χ4n) is 1.39. The summed E-state index contributed by atoms with van der Waals surface area (Å²) in [5.74, 6) is -0.552. The number of carbonyl (C=O) groups is 1. The van der Waals surface area contributed by atoms with Gasteiger partial charge in [-0.1, -0.05) is 0 Å². The summed E-state index contributed by atoms with van der Waals surface area (Å²) < 4.78 is 4.58. The fraction of sp³-hybridized carbons (Fsp3) is 0.111. The number of nitrogens with zero attached hydrogens (tertiary/aromatic N) is 4. The lowest BCUT2D eigenvalue weighted by molar-refractivity contribution is -0.384. The zero-order chi connectivity index (χ0) is 13.1. The van der Waals surface area contributed by atoms with E-state index in [2.05, 4.69) is 25.4 Å². The monoisotopic (exact) mass is 249 g/mol. The summed E-state index contributed by atoms with van der Waals surface area (Å²) in [6.07, 6.45) is 0. The second kappa shape index (κ2) is 4.57. The van der Waals surface area contributed by atoms with Crippen LogP contribution in [0.15, 0.2) is 18.2 Å². The number of hydrogen-bond acceptors (Lipinski definition) is 7. The zero-order valence-corrected chi connectivity index (χ0v) is 9.15. The van der Waals surface area contributed by atoms with Crippen LogP contribution in [-0.4, -0.2) is 38.6 Å². The Morgan fingerprint density at radius 1 is 1.50 bits per heavy atom. The van der Waals surface area contributed by atoms with Crippen molar-refractivity contribution in [3.8, 4) is 11.4 Å². The SMILES string of the molecule is COC(=O)c1ccc([N+](=O)[O-])cc1-c1nn[nH]n1. The van der Waals surface area contributed by atoms with E-state index in [4.69, 9.17) is 0 Å². The molecule has 1 heterocycles. The minimum atomic E-state index is -0.635. The van der Waals surface area contributed by atoms with E-state index in [0.29, 0.717) is 0 Å². The Hall–Kier alpha value is -2.84. The number of hydrogen-bond donors (Lipinski definition) is 1. The highest BCUT2D eigenvalue weighted by molar-refractivity contribution is 5.96. The number of aromatic amines is 1. The number of ether oxygens (including phenoxy) is 1. The maximum absolute atomic E-state index is 11.5. The molecule has 9 heteroatoms. The predicted molar refractivity (Wildman–Crippen MR) is 57.6 cm³/mol. The minimum Gasteiger partial charge on any atom is -0.465 e. The summed E-state index contributed by atoms with van der Waals surface area (Å²) in [5, 5.41) is 23.6. The number of rotatable bonds is 3. The van der Waals surface area contributed by atoms with Gasteiger partial charge in [0.15, 0.2) is 0 Å². The van der Waals surface area contributed by atoms with E-state index in [1.807, 2.05) is 0 Å². The van der Waals surface area contributed by atoms with Gasteiger partial charge in [-0.05, 0) is 11.3 Å². The quantitative estimate of drug-likeness (QED) is 0.478. The van der Waals surface area contributed by atoms with E-state index >= 15 is 0 Å². The molecule has 0 saturated heterocycles. The number of tetrazole rings is 1. The molecule has 0 radical (unpaired) electrons. The van der Waals surface area contributed by atoms with E-state index in [-0.39, 0.29) is 22.6 Å². The number of nitro benzene ring substituents is 1. The fourth-order valence-corrected chi connectivity index (χ4v) is 1.39. The summed E-state index contributed by atoms with van der Waals surface area (Å²) in [5.41, 5.74) is 0.136. The van der Waals surface area contributed by atoms with Crippen molar-refractivity contribution in [2.75, 3.05) is 7.11 Å². The van der Waals surface area contributed by atoms with Gasteiger partial charge in [0.25, 0.3) is 5.69 Å². The van der Waals surface area contributed by atoms with E-state index < -0.39 is 10.9 Å². The third kappa shape index (κ3) is 2.00. The third-order valence-corrected chi connectivity index (χ3v) is 2.21. The third-order valence-electron chi connectivity index (χ3n) is 2.21. The Morgan fingerprint density at radius 3 is 2.83 bits per heavy atom. The molecule has 0 fully saturated rings. The molecule has 1 N–H and O–H groups in total. The first-order valence-corrected chi connectivity index (χ1v) is 4.74. The lowest BCUT2D eigenvalue weighted by Gasteiger charge is -2.03. The molecule has 0 saturated carbocycles. The Morgan fingerprint density at radius 2 is 2.28 bits per heavy atom. The van der Waals surface area contributed by atoms with Crippen molar-refractivity contribution in [1.82, 2.24) is 20.6 Å². The molecule has 0 unspecified atom stereocenters. The van der Waals surface area contributed by atoms with Gasteiger partial charge >= 0.3 is 5.97 Å². The lowest BCUT2D eigenvalue weighted by Crippen LogP contribution is -2.05. The van der Waals surface area contributed by atoms with Gasteiger partial charge in [0.05, 0.1) is 17.6 Å². The minimum absolute atomic E-state index is 0.0825. The van der Waals surface area contributed by atoms with Gasteiger partial charge in [-0.15, -0.1) is 10.2 Å². The molecule has 0 amide bonds. The maximum atomic E-state index is 11.5. The molecule has 9 nitrogen and oxygen atoms in total. The second-order valence-corrected chi connectivity index (χ2v) is 3.21. The first-order valence-electron chi connectivity index (χ1n) is 4.74. The largest absolute Gasteiger partial charge is 0.465 e. The predicted octanol–water partition coefficient (Wildman–Crippen LogP) is 0.561. The number of aromatic nitrogens is 4. The first kappa shape index (κ1) is 11.6. The molecule has 0 atom stereocenters. The molecule has 1 aromatic carbocycles. The number of benzene rings is 1. The van der Waals surface area contributed by atoms with Crippen LogP contribution in [0.5, 0.6) is 0 Å². The number of nitrogens with one attached hydrogen (secondary N) is 1. The summed E-state index contributed by atoms with van der Waals surface area (Å²) in [6, 6.07) is 3.68. The van der Waals surface area contributed by atoms with Crippen LogP contribution in [0.1, 0.15) is 10.4 Å². The van der Waals surface area contributed by atoms with Crippen molar-refractivity contribution in [3.05, 3.63) is 33.9 Å². The Bertz CT molecular complexity index is 595. The standard InChI is InChI=1S/C9H7N5O4/c1-18-9(15)6-3-2-5(14(16)17)4-7(6)8-10-12-13-11-8/h2-4H,1H3,(H,10,11,12,13). The number of nitro groups is 1. The van der Waals surface area contributed by atoms with Crippen LogP contribution in [0.2, 0.25) is 0 Å². The van der Waals surface area contributed by atoms with Gasteiger partial charge in [0.1, 0.15) is 0 Å². The summed E-state index contributed by atoms with van der Waals surface area (Å²) in [7, 11) is 1.21. The maximum Gasteiger partial charge on any atom is 0.338 e. The van der Waals surface area contributed by atoms with E-state index in [9.17, 15) is 14.9 Å². The lowest BCUT2D eigenvalue weighted by atomic mass is 10.1. The van der Waals surface area contributed by atoms with E-state index in [1.165, 1.54) is 25.3 Å². The number of carbonyl (C=O) groups excluding carboxylic acids is 1. The van der Waals surface area contributed by atoms with Crippen molar-refractivity contribution in [2.24, 2.45) is 0 Å². The summed E-state index contributed by atoms with van der Waals surface area (Å²) in [6.45, 7) is 0. The van der Waals surface area contributed by atoms with Gasteiger partial charge in [0.2, 0.25) is 5.82 Å². The van der Waals surface area contributed by atoms with Crippen molar-refractivity contribution in [1.29, 1.82) is 0 Å². The number of methoxy groups -OCH3 is 1. The van der Waals surface area contributed by atoms with E-state index in [0.717, 1.165) is 0 Å².